The summed E-state index contributed by atoms with van der Waals surface area (Å²) in [7, 11) is 0.398. The van der Waals surface area contributed by atoms with Crippen LogP contribution in [0.3, 0.4) is 0 Å². The van der Waals surface area contributed by atoms with Crippen molar-refractivity contribution < 1.29 is 37.0 Å². The highest BCUT2D eigenvalue weighted by Gasteiger charge is 2.38. The van der Waals surface area contributed by atoms with E-state index in [1.54, 1.807) is 43.0 Å². The lowest BCUT2D eigenvalue weighted by Crippen LogP contribution is -2.38. The smallest absolute Gasteiger partial charge is 0.411 e. The maximum atomic E-state index is 14.6. The molecule has 1 aliphatic rings. The SMILES string of the molecule is COC(=O)Nc1ccc(S(=O)(=O)C(C)C)c([C@H]2CCCN2C(=O)[C@H](Nc2cc(C(N)=O)ccc2Cl)c2ccc(OC)c(OC)c2)c1. The Morgan fingerprint density at radius 1 is 0.978 bits per heavy atom. The summed E-state index contributed by atoms with van der Waals surface area (Å²) in [4.78, 5) is 40.3. The minimum atomic E-state index is -3.79. The molecule has 0 spiro atoms. The summed E-state index contributed by atoms with van der Waals surface area (Å²) in [5.74, 6) is -0.243. The average Bonchev–Trinajstić information content (AvgIpc) is 3.53. The van der Waals surface area contributed by atoms with E-state index < -0.39 is 45.1 Å². The molecule has 3 aromatic rings. The fourth-order valence-electron chi connectivity index (χ4n) is 5.35. The molecule has 2 atom stereocenters. The van der Waals surface area contributed by atoms with Gasteiger partial charge in [-0.25, -0.2) is 13.2 Å². The van der Waals surface area contributed by atoms with Crippen LogP contribution in [0.15, 0.2) is 59.5 Å². The van der Waals surface area contributed by atoms with Crippen molar-refractivity contribution in [1.82, 2.24) is 4.90 Å². The fraction of sp³-hybridized carbons (Fsp3) is 0.344. The first kappa shape index (κ1) is 34.4. The van der Waals surface area contributed by atoms with Gasteiger partial charge in [0.15, 0.2) is 21.3 Å². The van der Waals surface area contributed by atoms with Gasteiger partial charge in [0.05, 0.1) is 48.2 Å². The maximum Gasteiger partial charge on any atom is 0.411 e. The van der Waals surface area contributed by atoms with Crippen LogP contribution in [0.2, 0.25) is 5.02 Å². The van der Waals surface area contributed by atoms with Crippen molar-refractivity contribution >= 4 is 50.7 Å². The standard InChI is InChI=1S/C32H37ClN4O8S/c1-18(2)46(41,42)28-13-10-21(35-32(40)45-5)17-22(28)25-7-6-14-37(25)31(39)29(19-9-12-26(43-3)27(16-19)44-4)36-24-15-20(30(34)38)8-11-23(24)33/h8-13,15-18,25,29,36H,6-7,14H2,1-5H3,(H2,34,38)(H,35,40)/t25-,29-/m1/s1. The molecule has 46 heavy (non-hydrogen) atoms. The zero-order valence-corrected chi connectivity index (χ0v) is 27.7. The topological polar surface area (TPSA) is 166 Å². The van der Waals surface area contributed by atoms with E-state index in [0.717, 1.165) is 0 Å². The number of carbonyl (C=O) groups excluding carboxylic acids is 3. The van der Waals surface area contributed by atoms with E-state index in [2.05, 4.69) is 10.6 Å². The van der Waals surface area contributed by atoms with E-state index >= 15 is 0 Å². The number of hydrogen-bond acceptors (Lipinski definition) is 9. The number of methoxy groups -OCH3 is 3. The maximum absolute atomic E-state index is 14.6. The van der Waals surface area contributed by atoms with Crippen molar-refractivity contribution in [3.63, 3.8) is 0 Å². The average molecular weight is 673 g/mol. The molecule has 0 radical (unpaired) electrons. The predicted molar refractivity (Wildman–Crippen MR) is 174 cm³/mol. The van der Waals surface area contributed by atoms with Crippen molar-refractivity contribution in [2.45, 2.75) is 48.9 Å². The molecular weight excluding hydrogens is 636 g/mol. The second-order valence-corrected chi connectivity index (χ2v) is 13.8. The summed E-state index contributed by atoms with van der Waals surface area (Å²) in [6, 6.07) is 12.2. The van der Waals surface area contributed by atoms with E-state index in [1.165, 1.54) is 51.7 Å². The molecule has 0 aromatic heterocycles. The van der Waals surface area contributed by atoms with E-state index in [-0.39, 0.29) is 21.2 Å². The molecule has 0 aliphatic carbocycles. The van der Waals surface area contributed by atoms with Gasteiger partial charge in [0, 0.05) is 17.8 Å². The zero-order valence-electron chi connectivity index (χ0n) is 26.1. The van der Waals surface area contributed by atoms with Crippen molar-refractivity contribution in [3.05, 3.63) is 76.3 Å². The minimum absolute atomic E-state index is 0.0652. The Hall–Kier alpha value is -4.49. The van der Waals surface area contributed by atoms with Gasteiger partial charge in [-0.2, -0.15) is 0 Å². The number of carbonyl (C=O) groups is 3. The van der Waals surface area contributed by atoms with Crippen molar-refractivity contribution in [1.29, 1.82) is 0 Å². The van der Waals surface area contributed by atoms with E-state index in [4.69, 9.17) is 31.5 Å². The van der Waals surface area contributed by atoms with Crippen LogP contribution >= 0.6 is 11.6 Å². The predicted octanol–water partition coefficient (Wildman–Crippen LogP) is 5.33. The van der Waals surface area contributed by atoms with Crippen LogP contribution < -0.4 is 25.8 Å². The molecule has 246 valence electrons. The lowest BCUT2D eigenvalue weighted by atomic mass is 10.0. The summed E-state index contributed by atoms with van der Waals surface area (Å²) < 4.78 is 42.7. The first-order chi connectivity index (χ1) is 21.8. The minimum Gasteiger partial charge on any atom is -0.493 e. The normalized spacial score (nSPS) is 15.3. The molecule has 3 aromatic carbocycles. The summed E-state index contributed by atoms with van der Waals surface area (Å²) >= 11 is 6.50. The molecule has 0 bridgehead atoms. The Morgan fingerprint density at radius 3 is 2.33 bits per heavy atom. The fourth-order valence-corrected chi connectivity index (χ4v) is 6.81. The number of primary amides is 1. The monoisotopic (exact) mass is 672 g/mol. The Kier molecular flexibility index (Phi) is 10.7. The van der Waals surface area contributed by atoms with Crippen LogP contribution in [0.1, 0.15) is 60.3 Å². The number of hydrogen-bond donors (Lipinski definition) is 3. The Morgan fingerprint density at radius 2 is 1.70 bits per heavy atom. The summed E-state index contributed by atoms with van der Waals surface area (Å²) in [6.07, 6.45) is 0.325. The van der Waals surface area contributed by atoms with Crippen LogP contribution in [0.25, 0.3) is 0 Å². The molecule has 1 aliphatic heterocycles. The molecular formula is C32H37ClN4O8S. The third-order valence-electron chi connectivity index (χ3n) is 7.80. The van der Waals surface area contributed by atoms with Crippen molar-refractivity contribution in [3.8, 4) is 11.5 Å². The molecule has 14 heteroatoms. The number of nitrogens with zero attached hydrogens (tertiary/aromatic N) is 1. The van der Waals surface area contributed by atoms with Gasteiger partial charge in [-0.1, -0.05) is 17.7 Å². The van der Waals surface area contributed by atoms with Gasteiger partial charge in [-0.3, -0.25) is 14.9 Å². The lowest BCUT2D eigenvalue weighted by Gasteiger charge is -2.32. The molecule has 0 saturated carbocycles. The van der Waals surface area contributed by atoms with Gasteiger partial charge in [0.25, 0.3) is 0 Å². The number of nitrogens with two attached hydrogens (primary N) is 1. The summed E-state index contributed by atoms with van der Waals surface area (Å²) in [6.45, 7) is 3.48. The molecule has 1 heterocycles. The number of ether oxygens (including phenoxy) is 3. The molecule has 0 unspecified atom stereocenters. The number of nitrogens with one attached hydrogen (secondary N) is 2. The Balaban J connectivity index is 1.85. The molecule has 4 N–H and O–H groups in total. The first-order valence-corrected chi connectivity index (χ1v) is 16.4. The van der Waals surface area contributed by atoms with Gasteiger partial charge in [0.2, 0.25) is 11.8 Å². The van der Waals surface area contributed by atoms with Crippen LogP contribution in [0.4, 0.5) is 16.2 Å². The number of benzene rings is 3. The Bertz CT molecular complexity index is 1750. The molecule has 1 fully saturated rings. The van der Waals surface area contributed by atoms with Gasteiger partial charge in [-0.05, 0) is 86.3 Å². The number of halogens is 1. The van der Waals surface area contributed by atoms with E-state index in [0.29, 0.717) is 47.7 Å². The van der Waals surface area contributed by atoms with Gasteiger partial charge < -0.3 is 30.2 Å². The van der Waals surface area contributed by atoms with E-state index in [9.17, 15) is 22.8 Å². The van der Waals surface area contributed by atoms with Gasteiger partial charge in [0.1, 0.15) is 6.04 Å². The van der Waals surface area contributed by atoms with Crippen LogP contribution in [-0.4, -0.2) is 64.3 Å². The second kappa shape index (κ2) is 14.3. The molecule has 12 nitrogen and oxygen atoms in total. The highest BCUT2D eigenvalue weighted by Crippen LogP contribution is 2.41. The summed E-state index contributed by atoms with van der Waals surface area (Å²) in [5, 5.41) is 5.27. The van der Waals surface area contributed by atoms with Gasteiger partial charge in [-0.15, -0.1) is 0 Å². The quantitative estimate of drug-likeness (QED) is 0.244. The highest BCUT2D eigenvalue weighted by atomic mass is 35.5. The number of sulfone groups is 1. The second-order valence-electron chi connectivity index (χ2n) is 10.9. The highest BCUT2D eigenvalue weighted by molar-refractivity contribution is 7.92. The van der Waals surface area contributed by atoms with Crippen LogP contribution in [0.5, 0.6) is 11.5 Å². The number of anilines is 2. The van der Waals surface area contributed by atoms with Gasteiger partial charge >= 0.3 is 6.09 Å². The third-order valence-corrected chi connectivity index (χ3v) is 10.4. The molecule has 1 saturated heterocycles. The van der Waals surface area contributed by atoms with Crippen molar-refractivity contribution in [2.75, 3.05) is 38.5 Å². The lowest BCUT2D eigenvalue weighted by molar-refractivity contribution is -0.133. The number of amides is 3. The summed E-state index contributed by atoms with van der Waals surface area (Å²) in [5.41, 5.74) is 7.15. The van der Waals surface area contributed by atoms with Crippen LogP contribution in [-0.2, 0) is 19.4 Å². The Labute approximate surface area is 273 Å². The van der Waals surface area contributed by atoms with Crippen LogP contribution in [0, 0.1) is 0 Å². The number of likely N-dealkylation sites (tertiary alicyclic amines) is 1. The zero-order chi connectivity index (χ0) is 33.8. The van der Waals surface area contributed by atoms with Crippen molar-refractivity contribution in [2.24, 2.45) is 5.73 Å². The first-order valence-electron chi connectivity index (χ1n) is 14.4. The molecule has 4 rings (SSSR count). The number of rotatable bonds is 11. The largest absolute Gasteiger partial charge is 0.493 e. The third kappa shape index (κ3) is 7.15. The molecule has 3 amide bonds. The van der Waals surface area contributed by atoms with E-state index in [1.807, 2.05) is 0 Å².